The van der Waals surface area contributed by atoms with Gasteiger partial charge in [-0.3, -0.25) is 4.98 Å². The van der Waals surface area contributed by atoms with Gasteiger partial charge in [0.05, 0.1) is 33.8 Å². The lowest BCUT2D eigenvalue weighted by Gasteiger charge is -2.32. The molecule has 0 N–H and O–H groups in total. The Labute approximate surface area is 125 Å². The number of nitrogens with zero attached hydrogens (tertiary/aromatic N) is 2. The Morgan fingerprint density at radius 1 is 1.30 bits per heavy atom. The molecule has 1 aromatic heterocycles. The first-order valence-electron chi connectivity index (χ1n) is 6.58. The molecule has 1 unspecified atom stereocenters. The van der Waals surface area contributed by atoms with Crippen LogP contribution in [-0.2, 0) is 9.31 Å². The number of hydrogen-bond acceptors (Lipinski definition) is 4. The molecule has 2 heterocycles. The van der Waals surface area contributed by atoms with E-state index in [9.17, 15) is 0 Å². The lowest BCUT2D eigenvalue weighted by molar-refractivity contribution is 0.00578. The average molecular weight is 293 g/mol. The zero-order chi connectivity index (χ0) is 15.1. The standard InChI is InChI=1S/C14H18BClN2O2/c1-9(7-17)10-6-11(16)12(18-8-10)15-19-13(2,3)14(4,5)20-15/h6,8-9H,1-5H3. The summed E-state index contributed by atoms with van der Waals surface area (Å²) in [6.07, 6.45) is 1.65. The second-order valence-electron chi connectivity index (χ2n) is 6.07. The van der Waals surface area contributed by atoms with Crippen molar-refractivity contribution in [1.29, 1.82) is 5.26 Å². The summed E-state index contributed by atoms with van der Waals surface area (Å²) in [6.45, 7) is 9.72. The van der Waals surface area contributed by atoms with Crippen molar-refractivity contribution >= 4 is 24.3 Å². The third kappa shape index (κ3) is 2.56. The second kappa shape index (κ2) is 5.03. The first-order chi connectivity index (χ1) is 9.18. The van der Waals surface area contributed by atoms with Crippen molar-refractivity contribution < 1.29 is 9.31 Å². The molecule has 0 aliphatic carbocycles. The van der Waals surface area contributed by atoms with Gasteiger partial charge in [0.2, 0.25) is 0 Å². The molecule has 1 saturated heterocycles. The molecule has 4 nitrogen and oxygen atoms in total. The molecule has 2 rings (SSSR count). The molecule has 0 radical (unpaired) electrons. The van der Waals surface area contributed by atoms with Gasteiger partial charge in [-0.15, -0.1) is 0 Å². The van der Waals surface area contributed by atoms with Crippen LogP contribution in [0, 0.1) is 11.3 Å². The highest BCUT2D eigenvalue weighted by atomic mass is 35.5. The number of nitriles is 1. The van der Waals surface area contributed by atoms with Crippen LogP contribution in [0.25, 0.3) is 0 Å². The number of pyridine rings is 1. The average Bonchev–Trinajstić information content (AvgIpc) is 2.57. The first-order valence-corrected chi connectivity index (χ1v) is 6.96. The van der Waals surface area contributed by atoms with Crippen molar-refractivity contribution in [2.24, 2.45) is 0 Å². The van der Waals surface area contributed by atoms with Gasteiger partial charge in [-0.1, -0.05) is 11.6 Å². The van der Waals surface area contributed by atoms with Crippen molar-refractivity contribution in [2.75, 3.05) is 0 Å². The zero-order valence-electron chi connectivity index (χ0n) is 12.4. The second-order valence-corrected chi connectivity index (χ2v) is 6.48. The van der Waals surface area contributed by atoms with Gasteiger partial charge < -0.3 is 9.31 Å². The minimum atomic E-state index is -0.584. The Hall–Kier alpha value is -1.09. The van der Waals surface area contributed by atoms with Gasteiger partial charge in [0.1, 0.15) is 0 Å². The van der Waals surface area contributed by atoms with Gasteiger partial charge >= 0.3 is 7.12 Å². The van der Waals surface area contributed by atoms with E-state index in [1.807, 2.05) is 34.6 Å². The van der Waals surface area contributed by atoms with Gasteiger partial charge in [-0.25, -0.2) is 0 Å². The molecule has 0 saturated carbocycles. The van der Waals surface area contributed by atoms with Crippen molar-refractivity contribution in [2.45, 2.75) is 51.7 Å². The fraction of sp³-hybridized carbons (Fsp3) is 0.571. The van der Waals surface area contributed by atoms with Crippen molar-refractivity contribution in [3.8, 4) is 6.07 Å². The van der Waals surface area contributed by atoms with Gasteiger partial charge in [-0.05, 0) is 46.2 Å². The summed E-state index contributed by atoms with van der Waals surface area (Å²) in [4.78, 5) is 4.33. The van der Waals surface area contributed by atoms with Crippen LogP contribution in [0.2, 0.25) is 5.02 Å². The number of rotatable bonds is 2. The Morgan fingerprint density at radius 3 is 2.30 bits per heavy atom. The quantitative estimate of drug-likeness (QED) is 0.786. The summed E-state index contributed by atoms with van der Waals surface area (Å²) >= 11 is 6.26. The van der Waals surface area contributed by atoms with Crippen LogP contribution in [-0.4, -0.2) is 23.3 Å². The molecule has 0 aromatic carbocycles. The monoisotopic (exact) mass is 292 g/mol. The van der Waals surface area contributed by atoms with Crippen LogP contribution in [0.15, 0.2) is 12.3 Å². The van der Waals surface area contributed by atoms with E-state index in [2.05, 4.69) is 11.1 Å². The smallest absolute Gasteiger partial charge is 0.398 e. The molecule has 1 atom stereocenters. The van der Waals surface area contributed by atoms with E-state index in [-0.39, 0.29) is 5.92 Å². The van der Waals surface area contributed by atoms with Crippen LogP contribution < -0.4 is 5.59 Å². The Kier molecular flexibility index (Phi) is 3.85. The van der Waals surface area contributed by atoms with Crippen LogP contribution in [0.1, 0.15) is 46.1 Å². The molecule has 0 amide bonds. The largest absolute Gasteiger partial charge is 0.516 e. The van der Waals surface area contributed by atoms with E-state index in [1.165, 1.54) is 0 Å². The predicted octanol–water partition coefficient (Wildman–Crippen LogP) is 2.66. The maximum absolute atomic E-state index is 8.93. The molecule has 0 spiro atoms. The third-order valence-corrected chi connectivity index (χ3v) is 4.36. The van der Waals surface area contributed by atoms with E-state index in [0.29, 0.717) is 10.6 Å². The summed E-state index contributed by atoms with van der Waals surface area (Å²) in [5.41, 5.74) is 0.486. The fourth-order valence-electron chi connectivity index (χ4n) is 1.90. The topological polar surface area (TPSA) is 55.1 Å². The third-order valence-electron chi connectivity index (χ3n) is 4.06. The number of halogens is 1. The van der Waals surface area contributed by atoms with Crippen LogP contribution >= 0.6 is 11.6 Å². The maximum Gasteiger partial charge on any atom is 0.516 e. The van der Waals surface area contributed by atoms with Gasteiger partial charge in [0, 0.05) is 6.20 Å². The van der Waals surface area contributed by atoms with Crippen LogP contribution in [0.3, 0.4) is 0 Å². The van der Waals surface area contributed by atoms with Crippen LogP contribution in [0.5, 0.6) is 0 Å². The fourth-order valence-corrected chi connectivity index (χ4v) is 2.17. The molecule has 1 aromatic rings. The van der Waals surface area contributed by atoms with E-state index in [1.54, 1.807) is 12.3 Å². The molecule has 1 aliphatic rings. The summed E-state index contributed by atoms with van der Waals surface area (Å²) in [5, 5.41) is 9.39. The normalized spacial score (nSPS) is 21.6. The minimum Gasteiger partial charge on any atom is -0.398 e. The summed E-state index contributed by atoms with van der Waals surface area (Å²) in [7, 11) is -0.584. The van der Waals surface area contributed by atoms with E-state index < -0.39 is 18.3 Å². The van der Waals surface area contributed by atoms with E-state index in [4.69, 9.17) is 26.2 Å². The SMILES string of the molecule is CC(C#N)c1cnc(B2OC(C)(C)C(C)(C)O2)c(Cl)c1. The highest BCUT2D eigenvalue weighted by molar-refractivity contribution is 6.64. The van der Waals surface area contributed by atoms with Gasteiger partial charge in [0.15, 0.2) is 0 Å². The highest BCUT2D eigenvalue weighted by Gasteiger charge is 2.52. The molecule has 1 aliphatic heterocycles. The molecule has 6 heteroatoms. The Balaban J connectivity index is 2.30. The van der Waals surface area contributed by atoms with Crippen molar-refractivity contribution in [1.82, 2.24) is 4.98 Å². The molecular weight excluding hydrogens is 274 g/mol. The van der Waals surface area contributed by atoms with Crippen LogP contribution in [0.4, 0.5) is 0 Å². The molecule has 0 bridgehead atoms. The van der Waals surface area contributed by atoms with Gasteiger partial charge in [0.25, 0.3) is 0 Å². The predicted molar refractivity (Wildman–Crippen MR) is 79.0 cm³/mol. The summed E-state index contributed by atoms with van der Waals surface area (Å²) in [5.74, 6) is -0.243. The number of aromatic nitrogens is 1. The zero-order valence-corrected chi connectivity index (χ0v) is 13.2. The Bertz CT molecular complexity index is 553. The number of hydrogen-bond donors (Lipinski definition) is 0. The van der Waals surface area contributed by atoms with E-state index >= 15 is 0 Å². The molecule has 1 fully saturated rings. The molecular formula is C14H18BClN2O2. The van der Waals surface area contributed by atoms with Crippen molar-refractivity contribution in [3.05, 3.63) is 22.8 Å². The first kappa shape index (κ1) is 15.3. The lowest BCUT2D eigenvalue weighted by Crippen LogP contribution is -2.41. The molecule has 20 heavy (non-hydrogen) atoms. The summed E-state index contributed by atoms with van der Waals surface area (Å²) in [6, 6.07) is 3.92. The summed E-state index contributed by atoms with van der Waals surface area (Å²) < 4.78 is 11.8. The highest BCUT2D eigenvalue weighted by Crippen LogP contribution is 2.36. The molecule has 106 valence electrons. The van der Waals surface area contributed by atoms with E-state index in [0.717, 1.165) is 5.56 Å². The minimum absolute atomic E-state index is 0.243. The maximum atomic E-state index is 8.93. The lowest BCUT2D eigenvalue weighted by atomic mass is 9.83. The van der Waals surface area contributed by atoms with Crippen molar-refractivity contribution in [3.63, 3.8) is 0 Å². The Morgan fingerprint density at radius 2 is 1.85 bits per heavy atom. The van der Waals surface area contributed by atoms with Gasteiger partial charge in [-0.2, -0.15) is 5.26 Å².